The first kappa shape index (κ1) is 29.0. The molecule has 5 N–H and O–H groups in total. The quantitative estimate of drug-likeness (QED) is 0.169. The van der Waals surface area contributed by atoms with Crippen molar-refractivity contribution in [1.29, 1.82) is 0 Å². The maximum atomic E-state index is 13.2. The number of primary amides is 1. The minimum atomic E-state index is -1.28. The fourth-order valence-corrected chi connectivity index (χ4v) is 5.33. The lowest BCUT2D eigenvalue weighted by Gasteiger charge is -2.51. The molecule has 0 radical (unpaired) electrons. The maximum Gasteiger partial charge on any atom is 0.404 e. The van der Waals surface area contributed by atoms with E-state index in [0.717, 1.165) is 11.8 Å². The van der Waals surface area contributed by atoms with Crippen molar-refractivity contribution in [2.24, 2.45) is 11.1 Å². The highest BCUT2D eigenvalue weighted by molar-refractivity contribution is 8.03. The van der Waals surface area contributed by atoms with Crippen molar-refractivity contribution in [3.05, 3.63) is 28.1 Å². The second-order valence-electron chi connectivity index (χ2n) is 9.29. The number of β-lactam (4-membered cyclic amide) rings is 1. The van der Waals surface area contributed by atoms with Gasteiger partial charge in [0.05, 0.1) is 16.7 Å². The number of thiazole rings is 1. The Morgan fingerprint density at radius 1 is 1.21 bits per heavy atom. The Labute approximate surface area is 226 Å². The van der Waals surface area contributed by atoms with E-state index < -0.39 is 59.5 Å². The number of nitrogens with two attached hydrogens (primary N) is 2. The van der Waals surface area contributed by atoms with Crippen LogP contribution in [0.15, 0.2) is 22.4 Å². The topological polar surface area (TPSA) is 193 Å². The first-order chi connectivity index (χ1) is 17.8. The van der Waals surface area contributed by atoms with Gasteiger partial charge < -0.3 is 35.9 Å². The number of nitrogen functional groups attached to an aromatic ring is 1. The molecule has 0 saturated carbocycles. The first-order valence-corrected chi connectivity index (χ1v) is 13.3. The average molecular weight is 568 g/mol. The Hall–Kier alpha value is -3.59. The van der Waals surface area contributed by atoms with E-state index >= 15 is 0 Å². The molecule has 1 fully saturated rings. The van der Waals surface area contributed by atoms with Crippen LogP contribution in [0.25, 0.3) is 5.57 Å². The number of allylic oxidation sites excluding steroid dienone is 1. The molecule has 0 aliphatic carbocycles. The van der Waals surface area contributed by atoms with Gasteiger partial charge in [0.1, 0.15) is 18.0 Å². The zero-order valence-electron chi connectivity index (χ0n) is 21.2. The van der Waals surface area contributed by atoms with Crippen LogP contribution >= 0.6 is 23.1 Å². The number of amides is 3. The number of hydrogen-bond acceptors (Lipinski definition) is 12. The van der Waals surface area contributed by atoms with Crippen molar-refractivity contribution in [1.82, 2.24) is 15.2 Å². The molecule has 2 aliphatic rings. The van der Waals surface area contributed by atoms with Gasteiger partial charge in [-0.15, -0.1) is 23.1 Å². The molecule has 1 saturated heterocycles. The Bertz CT molecular complexity index is 1190. The number of aromatic nitrogens is 1. The summed E-state index contributed by atoms with van der Waals surface area (Å²) in [6, 6.07) is -2.23. The summed E-state index contributed by atoms with van der Waals surface area (Å²) in [6.45, 7) is 5.73. The molecule has 0 spiro atoms. The summed E-state index contributed by atoms with van der Waals surface area (Å²) in [5.41, 5.74) is 10.8. The Balaban J connectivity index is 1.75. The number of fused-ring (bicyclic) bond motifs is 1. The van der Waals surface area contributed by atoms with Crippen LogP contribution in [-0.4, -0.2) is 70.6 Å². The molecule has 0 aromatic carbocycles. The van der Waals surface area contributed by atoms with Gasteiger partial charge in [-0.1, -0.05) is 13.0 Å². The number of thioether (sulfide) groups is 1. The van der Waals surface area contributed by atoms with Gasteiger partial charge in [-0.05, 0) is 32.6 Å². The molecule has 206 valence electrons. The van der Waals surface area contributed by atoms with E-state index in [2.05, 4.69) is 10.3 Å². The number of hydrogen-bond donors (Lipinski definition) is 3. The van der Waals surface area contributed by atoms with Crippen LogP contribution < -0.4 is 16.8 Å². The highest BCUT2D eigenvalue weighted by atomic mass is 32.2. The monoisotopic (exact) mass is 567 g/mol. The van der Waals surface area contributed by atoms with E-state index in [-0.39, 0.29) is 17.8 Å². The number of anilines is 1. The Morgan fingerprint density at radius 2 is 1.92 bits per heavy atom. The van der Waals surface area contributed by atoms with Gasteiger partial charge in [0.2, 0.25) is 12.7 Å². The molecular weight excluding hydrogens is 538 g/mol. The van der Waals surface area contributed by atoms with Crippen LogP contribution in [0, 0.1) is 5.41 Å². The third-order valence-corrected chi connectivity index (χ3v) is 7.30. The molecular formula is C23H29N5O8S2. The summed E-state index contributed by atoms with van der Waals surface area (Å²) in [4.78, 5) is 67.7. The smallest absolute Gasteiger partial charge is 0.404 e. The van der Waals surface area contributed by atoms with Crippen molar-refractivity contribution < 1.29 is 38.2 Å². The second-order valence-corrected chi connectivity index (χ2v) is 11.2. The SMILES string of the molecule is CC/C=C(\C(=O)N[C@@H]1C(=O)N2[C@H](C(=O)OCOC(=O)C(C)(C)C)C(COC(N)=O)=CS[C@H]12)c1csc(N)n1. The number of carbonyl (C=O) groups excluding carboxylic acids is 5. The van der Waals surface area contributed by atoms with Crippen molar-refractivity contribution in [2.45, 2.75) is 51.6 Å². The third-order valence-electron chi connectivity index (χ3n) is 5.41. The van der Waals surface area contributed by atoms with Crippen LogP contribution in [0.2, 0.25) is 0 Å². The molecule has 1 aromatic rings. The standard InChI is InChI=1S/C23H29N5O8S2/c1-5-6-12(13-9-38-21(24)26-13)16(29)27-14-17(30)28-15(11(7-34-22(25)33)8-37-18(14)28)19(31)35-10-36-20(32)23(2,3)4/h6,8-9,14-15,18H,5,7,10H2,1-4H3,(H2,24,26)(H2,25,33)(H,27,29)/b12-6-/t14-,15+,18-/m1/s1. The molecule has 13 nitrogen and oxygen atoms in total. The number of nitrogens with one attached hydrogen (secondary N) is 1. The fourth-order valence-electron chi connectivity index (χ4n) is 3.55. The highest BCUT2D eigenvalue weighted by Gasteiger charge is 2.56. The highest BCUT2D eigenvalue weighted by Crippen LogP contribution is 2.40. The molecule has 0 bridgehead atoms. The van der Waals surface area contributed by atoms with Crippen LogP contribution in [0.4, 0.5) is 9.93 Å². The van der Waals surface area contributed by atoms with Gasteiger partial charge in [-0.2, -0.15) is 0 Å². The molecule has 2 aliphatic heterocycles. The summed E-state index contributed by atoms with van der Waals surface area (Å²) < 4.78 is 14.9. The molecule has 1 aromatic heterocycles. The summed E-state index contributed by atoms with van der Waals surface area (Å²) in [6.07, 6.45) is 1.15. The van der Waals surface area contributed by atoms with Crippen LogP contribution in [0.1, 0.15) is 39.8 Å². The lowest BCUT2D eigenvalue weighted by molar-refractivity contribution is -0.179. The third kappa shape index (κ3) is 6.45. The van der Waals surface area contributed by atoms with Crippen molar-refractivity contribution in [3.63, 3.8) is 0 Å². The van der Waals surface area contributed by atoms with Gasteiger partial charge >= 0.3 is 18.0 Å². The van der Waals surface area contributed by atoms with E-state index in [4.69, 9.17) is 25.7 Å². The molecule has 3 atom stereocenters. The summed E-state index contributed by atoms with van der Waals surface area (Å²) in [5.74, 6) is -2.56. The maximum absolute atomic E-state index is 13.2. The summed E-state index contributed by atoms with van der Waals surface area (Å²) in [7, 11) is 0. The molecule has 15 heteroatoms. The van der Waals surface area contributed by atoms with Gasteiger partial charge in [-0.3, -0.25) is 14.4 Å². The van der Waals surface area contributed by atoms with Crippen molar-refractivity contribution in [2.75, 3.05) is 19.1 Å². The zero-order valence-corrected chi connectivity index (χ0v) is 22.9. The Morgan fingerprint density at radius 3 is 2.50 bits per heavy atom. The van der Waals surface area contributed by atoms with Gasteiger partial charge in [0.15, 0.2) is 11.2 Å². The van der Waals surface area contributed by atoms with Gasteiger partial charge in [0.25, 0.3) is 5.91 Å². The van der Waals surface area contributed by atoms with Crippen molar-refractivity contribution in [3.8, 4) is 0 Å². The van der Waals surface area contributed by atoms with E-state index in [1.54, 1.807) is 37.6 Å². The zero-order chi connectivity index (χ0) is 28.2. The molecule has 3 rings (SSSR count). The van der Waals surface area contributed by atoms with E-state index in [9.17, 15) is 24.0 Å². The average Bonchev–Trinajstić information content (AvgIpc) is 3.28. The summed E-state index contributed by atoms with van der Waals surface area (Å²) in [5, 5.41) is 5.55. The van der Waals surface area contributed by atoms with Gasteiger partial charge in [-0.25, -0.2) is 14.6 Å². The Kier molecular flexibility index (Phi) is 9.04. The van der Waals surface area contributed by atoms with Crippen LogP contribution in [0.5, 0.6) is 0 Å². The van der Waals surface area contributed by atoms with E-state index in [1.807, 2.05) is 6.92 Å². The van der Waals surface area contributed by atoms with E-state index in [0.29, 0.717) is 17.2 Å². The molecule has 38 heavy (non-hydrogen) atoms. The minimum absolute atomic E-state index is 0.236. The number of nitrogens with zero attached hydrogens (tertiary/aromatic N) is 2. The predicted molar refractivity (Wildman–Crippen MR) is 139 cm³/mol. The lowest BCUT2D eigenvalue weighted by atomic mass is 9.97. The van der Waals surface area contributed by atoms with Gasteiger partial charge in [0, 0.05) is 11.0 Å². The van der Waals surface area contributed by atoms with Crippen molar-refractivity contribution >= 4 is 63.6 Å². The molecule has 0 unspecified atom stereocenters. The van der Waals surface area contributed by atoms with Crippen LogP contribution in [-0.2, 0) is 33.4 Å². The number of carbonyl (C=O) groups is 5. The number of ether oxygens (including phenoxy) is 3. The van der Waals surface area contributed by atoms with Crippen LogP contribution in [0.3, 0.4) is 0 Å². The normalized spacial score (nSPS) is 21.0. The fraction of sp³-hybridized carbons (Fsp3) is 0.478. The predicted octanol–water partition coefficient (Wildman–Crippen LogP) is 1.36. The number of esters is 2. The minimum Gasteiger partial charge on any atom is -0.445 e. The largest absolute Gasteiger partial charge is 0.445 e. The molecule has 3 amide bonds. The first-order valence-electron chi connectivity index (χ1n) is 11.5. The molecule has 3 heterocycles. The number of rotatable bonds is 9. The summed E-state index contributed by atoms with van der Waals surface area (Å²) >= 11 is 2.34. The van der Waals surface area contributed by atoms with E-state index in [1.165, 1.54) is 16.2 Å². The second kappa shape index (κ2) is 11.9. The lowest BCUT2D eigenvalue weighted by Crippen LogP contribution is -2.74.